The fourth-order valence-electron chi connectivity index (χ4n) is 3.64. The number of aliphatic carboxylic acids is 1. The van der Waals surface area contributed by atoms with Crippen LogP contribution < -0.4 is 5.32 Å². The predicted molar refractivity (Wildman–Crippen MR) is 119 cm³/mol. The Balaban J connectivity index is 1.76. The van der Waals surface area contributed by atoms with Crippen molar-refractivity contribution in [1.29, 1.82) is 0 Å². The summed E-state index contributed by atoms with van der Waals surface area (Å²) in [4.78, 5) is 22.5. The highest BCUT2D eigenvalue weighted by atomic mass is 16.7. The summed E-state index contributed by atoms with van der Waals surface area (Å²) >= 11 is 0. The third kappa shape index (κ3) is 9.24. The van der Waals surface area contributed by atoms with Crippen molar-refractivity contribution in [2.45, 2.75) is 83.6 Å². The second-order valence-electron chi connectivity index (χ2n) is 8.55. The quantitative estimate of drug-likeness (QED) is 0.395. The molecule has 1 aliphatic rings. The van der Waals surface area contributed by atoms with E-state index in [4.69, 9.17) is 19.3 Å². The Labute approximate surface area is 190 Å². The summed E-state index contributed by atoms with van der Waals surface area (Å²) < 4.78 is 17.9. The number of aliphatic hydroxyl groups is 1. The number of hydrogen-bond acceptors (Lipinski definition) is 6. The summed E-state index contributed by atoms with van der Waals surface area (Å²) in [5, 5.41) is 21.4. The van der Waals surface area contributed by atoms with Crippen molar-refractivity contribution < 1.29 is 34.0 Å². The van der Waals surface area contributed by atoms with E-state index in [1.807, 2.05) is 51.1 Å². The molecule has 180 valence electrons. The van der Waals surface area contributed by atoms with Crippen molar-refractivity contribution in [3.63, 3.8) is 0 Å². The van der Waals surface area contributed by atoms with Gasteiger partial charge in [0.05, 0.1) is 30.8 Å². The van der Waals surface area contributed by atoms with Crippen LogP contribution in [0.1, 0.15) is 64.5 Å². The van der Waals surface area contributed by atoms with Crippen LogP contribution in [0.15, 0.2) is 30.3 Å². The van der Waals surface area contributed by atoms with E-state index in [0.29, 0.717) is 13.0 Å². The van der Waals surface area contributed by atoms with Crippen molar-refractivity contribution in [3.05, 3.63) is 35.9 Å². The Morgan fingerprint density at radius 3 is 2.62 bits per heavy atom. The van der Waals surface area contributed by atoms with Crippen molar-refractivity contribution in [3.8, 4) is 0 Å². The van der Waals surface area contributed by atoms with E-state index >= 15 is 0 Å². The summed E-state index contributed by atoms with van der Waals surface area (Å²) in [6.07, 6.45) is 0.653. The average Bonchev–Trinajstić information content (AvgIpc) is 2.76. The van der Waals surface area contributed by atoms with E-state index < -0.39 is 12.1 Å². The lowest BCUT2D eigenvalue weighted by Crippen LogP contribution is -2.44. The first-order valence-electron chi connectivity index (χ1n) is 11.4. The maximum Gasteiger partial charge on any atom is 0.303 e. The molecule has 0 aromatic heterocycles. The Morgan fingerprint density at radius 2 is 1.94 bits per heavy atom. The lowest BCUT2D eigenvalue weighted by molar-refractivity contribution is -0.255. The molecular formula is C24H37NO7. The molecule has 0 saturated carbocycles. The molecule has 1 fully saturated rings. The molecule has 0 aliphatic carbocycles. The minimum atomic E-state index is -0.994. The number of benzene rings is 1. The topological polar surface area (TPSA) is 114 Å². The molecule has 1 amide bonds. The van der Waals surface area contributed by atoms with Gasteiger partial charge in [-0.05, 0) is 38.7 Å². The van der Waals surface area contributed by atoms with Gasteiger partial charge in [-0.15, -0.1) is 0 Å². The van der Waals surface area contributed by atoms with Gasteiger partial charge >= 0.3 is 5.97 Å². The van der Waals surface area contributed by atoms with Crippen LogP contribution in [0.4, 0.5) is 0 Å². The maximum atomic E-state index is 11.9. The number of hydrogen-bond donors (Lipinski definition) is 3. The number of aliphatic hydroxyl groups excluding tert-OH is 1. The molecule has 1 saturated heterocycles. The number of amides is 1. The Bertz CT molecular complexity index is 699. The third-order valence-electron chi connectivity index (χ3n) is 5.63. The van der Waals surface area contributed by atoms with E-state index in [1.54, 1.807) is 0 Å². The van der Waals surface area contributed by atoms with Crippen molar-refractivity contribution in [2.75, 3.05) is 13.2 Å². The van der Waals surface area contributed by atoms with Crippen LogP contribution in [-0.4, -0.2) is 59.8 Å². The second-order valence-corrected chi connectivity index (χ2v) is 8.55. The van der Waals surface area contributed by atoms with Crippen LogP contribution in [0.3, 0.4) is 0 Å². The molecule has 0 bridgehead atoms. The van der Waals surface area contributed by atoms with Crippen molar-refractivity contribution in [1.82, 2.24) is 5.32 Å². The first-order valence-corrected chi connectivity index (χ1v) is 11.4. The fourth-order valence-corrected chi connectivity index (χ4v) is 3.64. The minimum Gasteiger partial charge on any atom is -0.481 e. The molecule has 8 heteroatoms. The Morgan fingerprint density at radius 1 is 1.22 bits per heavy atom. The van der Waals surface area contributed by atoms with Crippen molar-refractivity contribution in [2.24, 2.45) is 5.92 Å². The number of carboxylic acids is 1. The molecule has 0 radical (unpaired) electrons. The van der Waals surface area contributed by atoms with Gasteiger partial charge in [0.15, 0.2) is 6.29 Å². The SMILES string of the molecule is CC(CCCOC(CNC(=O)CCC(=O)O)c1ccccc1)OC1OC(C)C(O)CC1C. The molecule has 1 aromatic carbocycles. The highest BCUT2D eigenvalue weighted by Gasteiger charge is 2.33. The molecule has 1 aliphatic heterocycles. The molecule has 32 heavy (non-hydrogen) atoms. The Hall–Kier alpha value is -2.00. The van der Waals surface area contributed by atoms with Gasteiger partial charge in [-0.1, -0.05) is 37.3 Å². The normalized spacial score (nSPS) is 25.1. The average molecular weight is 452 g/mol. The monoisotopic (exact) mass is 451 g/mol. The number of carbonyl (C=O) groups excluding carboxylic acids is 1. The Kier molecular flexibility index (Phi) is 11.1. The first kappa shape index (κ1) is 26.3. The van der Waals surface area contributed by atoms with E-state index in [0.717, 1.165) is 18.4 Å². The largest absolute Gasteiger partial charge is 0.481 e. The van der Waals surface area contributed by atoms with Gasteiger partial charge in [-0.3, -0.25) is 9.59 Å². The number of carboxylic acid groups (broad SMARTS) is 1. The molecule has 6 unspecified atom stereocenters. The highest BCUT2D eigenvalue weighted by Crippen LogP contribution is 2.27. The van der Waals surface area contributed by atoms with Crippen LogP contribution in [0.5, 0.6) is 0 Å². The zero-order chi connectivity index (χ0) is 23.5. The third-order valence-corrected chi connectivity index (χ3v) is 5.63. The van der Waals surface area contributed by atoms with Crippen LogP contribution in [0.25, 0.3) is 0 Å². The van der Waals surface area contributed by atoms with Gasteiger partial charge in [0.2, 0.25) is 5.91 Å². The molecule has 3 N–H and O–H groups in total. The molecule has 8 nitrogen and oxygen atoms in total. The van der Waals surface area contributed by atoms with E-state index in [1.165, 1.54) is 0 Å². The fraction of sp³-hybridized carbons (Fsp3) is 0.667. The summed E-state index contributed by atoms with van der Waals surface area (Å²) in [5.41, 5.74) is 0.951. The number of carbonyl (C=O) groups is 2. The lowest BCUT2D eigenvalue weighted by atomic mass is 9.96. The van der Waals surface area contributed by atoms with Crippen LogP contribution >= 0.6 is 0 Å². The molecular weight excluding hydrogens is 414 g/mol. The second kappa shape index (κ2) is 13.5. The van der Waals surface area contributed by atoms with Crippen molar-refractivity contribution >= 4 is 11.9 Å². The lowest BCUT2D eigenvalue weighted by Gasteiger charge is -2.37. The number of nitrogens with one attached hydrogen (secondary N) is 1. The standard InChI is InChI=1S/C24H37NO7/c1-16-14-20(26)18(3)32-24(16)31-17(2)8-7-13-30-21(19-9-5-4-6-10-19)15-25-22(27)11-12-23(28)29/h4-6,9-10,16-18,20-21,24,26H,7-8,11-15H2,1-3H3,(H,25,27)(H,28,29). The zero-order valence-electron chi connectivity index (χ0n) is 19.2. The molecule has 2 rings (SSSR count). The summed E-state index contributed by atoms with van der Waals surface area (Å²) in [7, 11) is 0. The molecule has 1 heterocycles. The highest BCUT2D eigenvalue weighted by molar-refractivity contribution is 5.80. The van der Waals surface area contributed by atoms with Gasteiger partial charge < -0.3 is 29.7 Å². The summed E-state index contributed by atoms with van der Waals surface area (Å²) in [6, 6.07) is 9.63. The molecule has 0 spiro atoms. The smallest absolute Gasteiger partial charge is 0.303 e. The number of ether oxygens (including phenoxy) is 3. The number of rotatable bonds is 13. The van der Waals surface area contributed by atoms with Gasteiger partial charge in [-0.2, -0.15) is 0 Å². The van der Waals surface area contributed by atoms with E-state index in [9.17, 15) is 14.7 Å². The molecule has 1 aromatic rings. The minimum absolute atomic E-state index is 0.0145. The first-order chi connectivity index (χ1) is 15.3. The summed E-state index contributed by atoms with van der Waals surface area (Å²) in [6.45, 7) is 6.65. The van der Waals surface area contributed by atoms with Gasteiger partial charge in [0.25, 0.3) is 0 Å². The van der Waals surface area contributed by atoms with E-state index in [-0.39, 0.29) is 55.8 Å². The van der Waals surface area contributed by atoms with E-state index in [2.05, 4.69) is 5.32 Å². The zero-order valence-corrected chi connectivity index (χ0v) is 19.2. The predicted octanol–water partition coefficient (Wildman–Crippen LogP) is 3.04. The van der Waals surface area contributed by atoms with Gasteiger partial charge in [-0.25, -0.2) is 0 Å². The maximum absolute atomic E-state index is 11.9. The van der Waals surface area contributed by atoms with Crippen LogP contribution in [0.2, 0.25) is 0 Å². The van der Waals surface area contributed by atoms with Gasteiger partial charge in [0.1, 0.15) is 0 Å². The summed E-state index contributed by atoms with van der Waals surface area (Å²) in [5.74, 6) is -1.17. The molecule has 6 atom stereocenters. The van der Waals surface area contributed by atoms with Gasteiger partial charge in [0, 0.05) is 25.5 Å². The van der Waals surface area contributed by atoms with Crippen LogP contribution in [-0.2, 0) is 23.8 Å². The van der Waals surface area contributed by atoms with Crippen LogP contribution in [0, 0.1) is 5.92 Å².